The van der Waals surface area contributed by atoms with E-state index in [1.807, 2.05) is 42.5 Å². The van der Waals surface area contributed by atoms with Crippen molar-refractivity contribution in [2.24, 2.45) is 0 Å². The molecule has 0 bridgehead atoms. The quantitative estimate of drug-likeness (QED) is 0.730. The summed E-state index contributed by atoms with van der Waals surface area (Å²) in [5.41, 5.74) is 2.09. The van der Waals surface area contributed by atoms with Crippen LogP contribution in [0.1, 0.15) is 11.1 Å². The molecule has 2 aromatic carbocycles. The fourth-order valence-corrected chi connectivity index (χ4v) is 3.51. The largest absolute Gasteiger partial charge is 0.484 e. The molecule has 2 aromatic rings. The van der Waals surface area contributed by atoms with E-state index in [0.717, 1.165) is 22.9 Å². The molecule has 6 nitrogen and oxygen atoms in total. The highest BCUT2D eigenvalue weighted by Gasteiger charge is 2.31. The van der Waals surface area contributed by atoms with E-state index in [1.165, 1.54) is 0 Å². The lowest BCUT2D eigenvalue weighted by Crippen LogP contribution is -2.30. The first-order chi connectivity index (χ1) is 13.1. The summed E-state index contributed by atoms with van der Waals surface area (Å²) >= 11 is 1.03. The van der Waals surface area contributed by atoms with Crippen molar-refractivity contribution in [2.45, 2.75) is 18.1 Å². The molecule has 1 unspecified atom stereocenters. The Bertz CT molecular complexity index is 808. The van der Waals surface area contributed by atoms with Crippen molar-refractivity contribution >= 4 is 28.8 Å². The van der Waals surface area contributed by atoms with Crippen molar-refractivity contribution in [3.8, 4) is 5.75 Å². The van der Waals surface area contributed by atoms with Crippen molar-refractivity contribution in [1.29, 1.82) is 0 Å². The van der Waals surface area contributed by atoms with Gasteiger partial charge in [0, 0.05) is 6.54 Å². The van der Waals surface area contributed by atoms with Gasteiger partial charge in [0.15, 0.2) is 6.61 Å². The van der Waals surface area contributed by atoms with Crippen LogP contribution in [0.4, 0.5) is 4.79 Å². The summed E-state index contributed by atoms with van der Waals surface area (Å²) in [4.78, 5) is 34.6. The lowest BCUT2D eigenvalue weighted by atomic mass is 10.1. The zero-order valence-corrected chi connectivity index (χ0v) is 15.5. The van der Waals surface area contributed by atoms with E-state index in [1.54, 1.807) is 12.1 Å². The lowest BCUT2D eigenvalue weighted by Gasteiger charge is -2.09. The van der Waals surface area contributed by atoms with Crippen molar-refractivity contribution in [3.05, 3.63) is 65.7 Å². The highest BCUT2D eigenvalue weighted by atomic mass is 32.2. The SMILES string of the molecule is O=C(COc1ccccc1)NCCc1ccc(CC2SC(=O)NC2=O)cc1. The number of para-hydroxylation sites is 1. The molecule has 3 rings (SSSR count). The molecule has 7 heteroatoms. The van der Waals surface area contributed by atoms with E-state index >= 15 is 0 Å². The van der Waals surface area contributed by atoms with Gasteiger partial charge in [-0.3, -0.25) is 19.7 Å². The van der Waals surface area contributed by atoms with Crippen LogP contribution < -0.4 is 15.4 Å². The normalized spacial score (nSPS) is 16.1. The summed E-state index contributed by atoms with van der Waals surface area (Å²) < 4.78 is 5.40. The molecule has 1 fully saturated rings. The van der Waals surface area contributed by atoms with Crippen LogP contribution in [0.2, 0.25) is 0 Å². The molecule has 2 N–H and O–H groups in total. The molecule has 0 radical (unpaired) electrons. The number of hydrogen-bond donors (Lipinski definition) is 2. The molecule has 0 saturated carbocycles. The molecule has 1 saturated heterocycles. The number of nitrogens with one attached hydrogen (secondary N) is 2. The van der Waals surface area contributed by atoms with Crippen LogP contribution in [0.3, 0.4) is 0 Å². The Balaban J connectivity index is 1.38. The molecule has 1 atom stereocenters. The highest BCUT2D eigenvalue weighted by molar-refractivity contribution is 8.15. The third-order valence-corrected chi connectivity index (χ3v) is 5.04. The smallest absolute Gasteiger partial charge is 0.286 e. The van der Waals surface area contributed by atoms with Crippen LogP contribution in [0.15, 0.2) is 54.6 Å². The van der Waals surface area contributed by atoms with Crippen LogP contribution in [0, 0.1) is 0 Å². The molecule has 0 aliphatic carbocycles. The number of imide groups is 1. The average Bonchev–Trinajstić information content (AvgIpc) is 2.99. The van der Waals surface area contributed by atoms with Crippen molar-refractivity contribution < 1.29 is 19.1 Å². The molecule has 140 valence electrons. The number of ether oxygens (including phenoxy) is 1. The van der Waals surface area contributed by atoms with Crippen molar-refractivity contribution in [2.75, 3.05) is 13.2 Å². The monoisotopic (exact) mass is 384 g/mol. The molecule has 27 heavy (non-hydrogen) atoms. The van der Waals surface area contributed by atoms with Gasteiger partial charge >= 0.3 is 0 Å². The number of rotatable bonds is 8. The minimum atomic E-state index is -0.354. The van der Waals surface area contributed by atoms with Crippen LogP contribution in [-0.2, 0) is 22.4 Å². The predicted octanol–water partition coefficient (Wildman–Crippen LogP) is 2.32. The highest BCUT2D eigenvalue weighted by Crippen LogP contribution is 2.23. The average molecular weight is 384 g/mol. The number of amides is 3. The Labute approximate surface area is 161 Å². The Morgan fingerprint density at radius 3 is 2.41 bits per heavy atom. The Morgan fingerprint density at radius 2 is 1.74 bits per heavy atom. The van der Waals surface area contributed by atoms with E-state index < -0.39 is 0 Å². The van der Waals surface area contributed by atoms with Crippen LogP contribution in [0.5, 0.6) is 5.75 Å². The van der Waals surface area contributed by atoms with E-state index in [2.05, 4.69) is 10.6 Å². The molecule has 3 amide bonds. The van der Waals surface area contributed by atoms with Crippen LogP contribution in [0.25, 0.3) is 0 Å². The summed E-state index contributed by atoms with van der Waals surface area (Å²) in [6.45, 7) is 0.508. The van der Waals surface area contributed by atoms with Gasteiger partial charge in [0.25, 0.3) is 11.1 Å². The van der Waals surface area contributed by atoms with E-state index in [0.29, 0.717) is 25.1 Å². The number of thioether (sulfide) groups is 1. The first kappa shape index (κ1) is 19.0. The Hall–Kier alpha value is -2.80. The number of carbonyl (C=O) groups excluding carboxylic acids is 3. The maximum atomic E-state index is 11.8. The molecule has 0 aromatic heterocycles. The van der Waals surface area contributed by atoms with Gasteiger partial charge in [-0.15, -0.1) is 0 Å². The van der Waals surface area contributed by atoms with Gasteiger partial charge in [-0.1, -0.05) is 54.2 Å². The second kappa shape index (κ2) is 9.23. The molecule has 0 spiro atoms. The van der Waals surface area contributed by atoms with Gasteiger partial charge in [-0.25, -0.2) is 0 Å². The number of hydrogen-bond acceptors (Lipinski definition) is 5. The van der Waals surface area contributed by atoms with E-state index in [4.69, 9.17) is 4.74 Å². The van der Waals surface area contributed by atoms with Crippen LogP contribution >= 0.6 is 11.8 Å². The Kier molecular flexibility index (Phi) is 6.49. The second-order valence-electron chi connectivity index (χ2n) is 6.11. The van der Waals surface area contributed by atoms with Gasteiger partial charge in [-0.05, 0) is 36.1 Å². The van der Waals surface area contributed by atoms with Gasteiger partial charge in [0.1, 0.15) is 5.75 Å². The summed E-state index contributed by atoms with van der Waals surface area (Å²) in [6, 6.07) is 17.1. The summed E-state index contributed by atoms with van der Waals surface area (Å²) in [7, 11) is 0. The van der Waals surface area contributed by atoms with Gasteiger partial charge in [0.05, 0.1) is 5.25 Å². The third-order valence-electron chi connectivity index (χ3n) is 4.06. The van der Waals surface area contributed by atoms with Crippen molar-refractivity contribution in [3.63, 3.8) is 0 Å². The maximum absolute atomic E-state index is 11.8. The fraction of sp³-hybridized carbons (Fsp3) is 0.250. The van der Waals surface area contributed by atoms with Crippen molar-refractivity contribution in [1.82, 2.24) is 10.6 Å². The molecule has 1 heterocycles. The number of carbonyl (C=O) groups is 3. The maximum Gasteiger partial charge on any atom is 0.286 e. The molecular formula is C20H20N2O4S. The van der Waals surface area contributed by atoms with E-state index in [-0.39, 0.29) is 28.9 Å². The molecule has 1 aliphatic rings. The van der Waals surface area contributed by atoms with Gasteiger partial charge in [0.2, 0.25) is 5.91 Å². The minimum Gasteiger partial charge on any atom is -0.484 e. The molecular weight excluding hydrogens is 364 g/mol. The van der Waals surface area contributed by atoms with Gasteiger partial charge < -0.3 is 10.1 Å². The fourth-order valence-electron chi connectivity index (χ4n) is 2.65. The summed E-state index contributed by atoms with van der Waals surface area (Å²) in [6.07, 6.45) is 1.23. The summed E-state index contributed by atoms with van der Waals surface area (Å²) in [5.74, 6) is 0.276. The first-order valence-corrected chi connectivity index (χ1v) is 9.52. The summed E-state index contributed by atoms with van der Waals surface area (Å²) in [5, 5.41) is 4.48. The standard InChI is InChI=1S/C20H20N2O4S/c23-18(13-26-16-4-2-1-3-5-16)21-11-10-14-6-8-15(9-7-14)12-17-19(24)22-20(25)27-17/h1-9,17H,10-13H2,(H,21,23)(H,22,24,25). The zero-order chi connectivity index (χ0) is 19.1. The topological polar surface area (TPSA) is 84.5 Å². The van der Waals surface area contributed by atoms with Gasteiger partial charge in [-0.2, -0.15) is 0 Å². The first-order valence-electron chi connectivity index (χ1n) is 8.64. The number of benzene rings is 2. The van der Waals surface area contributed by atoms with E-state index in [9.17, 15) is 14.4 Å². The Morgan fingerprint density at radius 1 is 1.04 bits per heavy atom. The second-order valence-corrected chi connectivity index (χ2v) is 7.28. The predicted molar refractivity (Wildman–Crippen MR) is 104 cm³/mol. The molecule has 1 aliphatic heterocycles. The zero-order valence-electron chi connectivity index (χ0n) is 14.6. The third kappa shape index (κ3) is 5.86. The lowest BCUT2D eigenvalue weighted by molar-refractivity contribution is -0.123. The van der Waals surface area contributed by atoms with Crippen LogP contribution in [-0.4, -0.2) is 35.5 Å². The minimum absolute atomic E-state index is 0.0111.